The third-order valence-electron chi connectivity index (χ3n) is 3.41. The Bertz CT molecular complexity index is 652. The van der Waals surface area contributed by atoms with E-state index in [1.165, 1.54) is 7.11 Å². The minimum absolute atomic E-state index is 0.0890. The number of amides is 1. The number of esters is 1. The predicted octanol–water partition coefficient (Wildman–Crippen LogP) is 1.87. The van der Waals surface area contributed by atoms with Gasteiger partial charge in [0.15, 0.2) is 0 Å². The molecule has 1 N–H and O–H groups in total. The molecule has 0 aliphatic heterocycles. The highest BCUT2D eigenvalue weighted by Crippen LogP contribution is 2.09. The van der Waals surface area contributed by atoms with Crippen molar-refractivity contribution < 1.29 is 14.3 Å². The summed E-state index contributed by atoms with van der Waals surface area (Å²) in [5.41, 5.74) is 1.97. The Kier molecular flexibility index (Phi) is 5.91. The maximum Gasteiger partial charge on any atom is 0.307 e. The molecule has 0 aliphatic carbocycles. The molecule has 0 radical (unpaired) electrons. The Hall–Kier alpha value is -2.63. The fraction of sp³-hybridized carbons (Fsp3) is 0.353. The second kappa shape index (κ2) is 8.12. The van der Waals surface area contributed by atoms with Gasteiger partial charge in [0.2, 0.25) is 5.91 Å². The molecule has 0 saturated heterocycles. The number of para-hydroxylation sites is 1. The number of hydrogen-bond donors (Lipinski definition) is 1. The molecule has 1 aromatic heterocycles. The predicted molar refractivity (Wildman–Crippen MR) is 86.1 cm³/mol. The van der Waals surface area contributed by atoms with E-state index in [0.29, 0.717) is 12.8 Å². The maximum absolute atomic E-state index is 11.9. The normalized spacial score (nSPS) is 11.7. The van der Waals surface area contributed by atoms with Crippen LogP contribution < -0.4 is 5.32 Å². The quantitative estimate of drug-likeness (QED) is 0.792. The molecule has 1 amide bonds. The molecule has 6 heteroatoms. The van der Waals surface area contributed by atoms with Crippen LogP contribution in [-0.4, -0.2) is 34.8 Å². The first-order valence-electron chi connectivity index (χ1n) is 7.53. The van der Waals surface area contributed by atoms with Gasteiger partial charge >= 0.3 is 5.97 Å². The van der Waals surface area contributed by atoms with Crippen LogP contribution in [0.4, 0.5) is 0 Å². The van der Waals surface area contributed by atoms with E-state index in [4.69, 9.17) is 0 Å². The first-order valence-corrected chi connectivity index (χ1v) is 7.53. The van der Waals surface area contributed by atoms with Gasteiger partial charge in [0.1, 0.15) is 0 Å². The highest BCUT2D eigenvalue weighted by molar-refractivity contribution is 5.77. The number of ether oxygens (including phenoxy) is 1. The van der Waals surface area contributed by atoms with Gasteiger partial charge in [0, 0.05) is 18.7 Å². The molecular formula is C17H21N3O3. The molecule has 2 rings (SSSR count). The molecule has 1 aromatic carbocycles. The fourth-order valence-electron chi connectivity index (χ4n) is 2.20. The molecular weight excluding hydrogens is 294 g/mol. The summed E-state index contributed by atoms with van der Waals surface area (Å²) in [6.45, 7) is 1.78. The van der Waals surface area contributed by atoms with Gasteiger partial charge in [-0.3, -0.25) is 9.59 Å². The lowest BCUT2D eigenvalue weighted by Crippen LogP contribution is -2.34. The Balaban J connectivity index is 1.81. The lowest BCUT2D eigenvalue weighted by Gasteiger charge is -2.12. The van der Waals surface area contributed by atoms with Crippen LogP contribution in [0.5, 0.6) is 0 Å². The number of nitrogens with zero attached hydrogens (tertiary/aromatic N) is 2. The summed E-state index contributed by atoms with van der Waals surface area (Å²) in [4.78, 5) is 23.0. The number of methoxy groups -OCH3 is 1. The maximum atomic E-state index is 11.9. The van der Waals surface area contributed by atoms with Crippen molar-refractivity contribution in [3.63, 3.8) is 0 Å². The van der Waals surface area contributed by atoms with E-state index in [-0.39, 0.29) is 24.3 Å². The molecule has 1 heterocycles. The van der Waals surface area contributed by atoms with Gasteiger partial charge in [-0.25, -0.2) is 4.68 Å². The molecule has 0 aliphatic rings. The average Bonchev–Trinajstić information content (AvgIpc) is 3.02. The number of carbonyl (C=O) groups excluding carboxylic acids is 2. The van der Waals surface area contributed by atoms with Gasteiger partial charge in [0.05, 0.1) is 25.4 Å². The van der Waals surface area contributed by atoms with E-state index in [2.05, 4.69) is 15.2 Å². The second-order valence-electron chi connectivity index (χ2n) is 5.38. The Morgan fingerprint density at radius 2 is 2.04 bits per heavy atom. The summed E-state index contributed by atoms with van der Waals surface area (Å²) < 4.78 is 6.36. The van der Waals surface area contributed by atoms with E-state index in [1.807, 2.05) is 36.5 Å². The number of benzene rings is 1. The van der Waals surface area contributed by atoms with E-state index in [9.17, 15) is 9.59 Å². The smallest absolute Gasteiger partial charge is 0.307 e. The number of rotatable bonds is 7. The number of aromatic nitrogens is 2. The molecule has 0 bridgehead atoms. The number of carbonyl (C=O) groups is 2. The van der Waals surface area contributed by atoms with Crippen LogP contribution >= 0.6 is 0 Å². The van der Waals surface area contributed by atoms with Crippen molar-refractivity contribution in [2.45, 2.75) is 32.2 Å². The molecule has 0 fully saturated rings. The van der Waals surface area contributed by atoms with Gasteiger partial charge in [-0.05, 0) is 31.0 Å². The molecule has 2 aromatic rings. The molecule has 6 nitrogen and oxygen atoms in total. The molecule has 1 atom stereocenters. The average molecular weight is 315 g/mol. The van der Waals surface area contributed by atoms with Crippen LogP contribution in [0.15, 0.2) is 42.7 Å². The first kappa shape index (κ1) is 16.7. The van der Waals surface area contributed by atoms with Gasteiger partial charge in [-0.15, -0.1) is 0 Å². The van der Waals surface area contributed by atoms with Crippen molar-refractivity contribution in [3.8, 4) is 5.69 Å². The Morgan fingerprint density at radius 1 is 1.30 bits per heavy atom. The second-order valence-corrected chi connectivity index (χ2v) is 5.38. The highest BCUT2D eigenvalue weighted by Gasteiger charge is 2.12. The third-order valence-corrected chi connectivity index (χ3v) is 3.41. The third kappa shape index (κ3) is 5.25. The van der Waals surface area contributed by atoms with E-state index >= 15 is 0 Å². The Morgan fingerprint density at radius 3 is 2.74 bits per heavy atom. The first-order chi connectivity index (χ1) is 11.1. The monoisotopic (exact) mass is 315 g/mol. The zero-order chi connectivity index (χ0) is 16.7. The van der Waals surface area contributed by atoms with Crippen molar-refractivity contribution in [2.24, 2.45) is 0 Å². The summed E-state index contributed by atoms with van der Waals surface area (Å²) in [6.07, 6.45) is 4.81. The lowest BCUT2D eigenvalue weighted by atomic mass is 10.1. The molecule has 0 saturated carbocycles. The number of nitrogens with one attached hydrogen (secondary N) is 1. The number of hydrogen-bond acceptors (Lipinski definition) is 4. The van der Waals surface area contributed by atoms with E-state index in [1.54, 1.807) is 17.8 Å². The van der Waals surface area contributed by atoms with Gasteiger partial charge < -0.3 is 10.1 Å². The van der Waals surface area contributed by atoms with Crippen LogP contribution in [0.25, 0.3) is 5.69 Å². The van der Waals surface area contributed by atoms with Gasteiger partial charge in [-0.1, -0.05) is 18.2 Å². The van der Waals surface area contributed by atoms with Crippen LogP contribution in [-0.2, 0) is 20.7 Å². The largest absolute Gasteiger partial charge is 0.469 e. The van der Waals surface area contributed by atoms with Crippen LogP contribution in [0.2, 0.25) is 0 Å². The van der Waals surface area contributed by atoms with Crippen molar-refractivity contribution in [3.05, 3.63) is 48.3 Å². The van der Waals surface area contributed by atoms with Gasteiger partial charge in [-0.2, -0.15) is 5.10 Å². The van der Waals surface area contributed by atoms with Crippen LogP contribution in [0.1, 0.15) is 25.3 Å². The summed E-state index contributed by atoms with van der Waals surface area (Å²) in [5, 5.41) is 7.09. The summed E-state index contributed by atoms with van der Waals surface area (Å²) in [5.74, 6) is -0.421. The highest BCUT2D eigenvalue weighted by atomic mass is 16.5. The van der Waals surface area contributed by atoms with Crippen molar-refractivity contribution >= 4 is 11.9 Å². The van der Waals surface area contributed by atoms with E-state index < -0.39 is 0 Å². The zero-order valence-corrected chi connectivity index (χ0v) is 13.4. The van der Waals surface area contributed by atoms with Gasteiger partial charge in [0.25, 0.3) is 0 Å². The molecule has 23 heavy (non-hydrogen) atoms. The van der Waals surface area contributed by atoms with Crippen LogP contribution in [0.3, 0.4) is 0 Å². The summed E-state index contributed by atoms with van der Waals surface area (Å²) in [7, 11) is 1.33. The van der Waals surface area contributed by atoms with Crippen molar-refractivity contribution in [1.82, 2.24) is 15.1 Å². The Labute approximate surface area is 135 Å². The lowest BCUT2D eigenvalue weighted by molar-refractivity contribution is -0.141. The minimum atomic E-state index is -0.332. The number of aryl methyl sites for hydroxylation is 1. The minimum Gasteiger partial charge on any atom is -0.469 e. The summed E-state index contributed by atoms with van der Waals surface area (Å²) in [6, 6.07) is 9.56. The zero-order valence-electron chi connectivity index (χ0n) is 13.4. The van der Waals surface area contributed by atoms with Crippen molar-refractivity contribution in [2.75, 3.05) is 7.11 Å². The standard InChI is InChI=1S/C17H21N3O3/c1-13(10-17(22)23-2)19-16(21)9-8-14-11-18-20(12-14)15-6-4-3-5-7-15/h3-7,11-13H,8-10H2,1-2H3,(H,19,21). The van der Waals surface area contributed by atoms with E-state index in [0.717, 1.165) is 11.3 Å². The van der Waals surface area contributed by atoms with Crippen molar-refractivity contribution in [1.29, 1.82) is 0 Å². The molecule has 1 unspecified atom stereocenters. The summed E-state index contributed by atoms with van der Waals surface area (Å²) >= 11 is 0. The van der Waals surface area contributed by atoms with Crippen LogP contribution in [0, 0.1) is 0 Å². The SMILES string of the molecule is COC(=O)CC(C)NC(=O)CCc1cnn(-c2ccccc2)c1. The fourth-order valence-corrected chi connectivity index (χ4v) is 2.20. The molecule has 122 valence electrons. The topological polar surface area (TPSA) is 73.2 Å². The molecule has 0 spiro atoms.